The normalized spacial score (nSPS) is 14.9. The molecule has 1 aliphatic carbocycles. The first-order chi connectivity index (χ1) is 10.3. The molecule has 0 unspecified atom stereocenters. The fraction of sp³-hybridized carbons (Fsp3) is 0.353. The first kappa shape index (κ1) is 12.7. The van der Waals surface area contributed by atoms with Crippen LogP contribution in [0.5, 0.6) is 0 Å². The molecule has 2 heterocycles. The van der Waals surface area contributed by atoms with E-state index in [0.717, 1.165) is 25.0 Å². The second-order valence-electron chi connectivity index (χ2n) is 5.90. The van der Waals surface area contributed by atoms with Crippen LogP contribution in [-0.4, -0.2) is 20.2 Å². The lowest BCUT2D eigenvalue weighted by Crippen LogP contribution is -2.15. The van der Waals surface area contributed by atoms with Gasteiger partial charge >= 0.3 is 0 Å². The summed E-state index contributed by atoms with van der Waals surface area (Å²) in [6.07, 6.45) is 8.67. The van der Waals surface area contributed by atoms with Crippen LogP contribution in [0.3, 0.4) is 0 Å². The number of aryl methyl sites for hydroxylation is 1. The highest BCUT2D eigenvalue weighted by molar-refractivity contribution is 5.83. The minimum Gasteiger partial charge on any atom is -0.340 e. The fourth-order valence-corrected chi connectivity index (χ4v) is 2.82. The van der Waals surface area contributed by atoms with E-state index in [-0.39, 0.29) is 0 Å². The van der Waals surface area contributed by atoms with Gasteiger partial charge in [-0.3, -0.25) is 0 Å². The van der Waals surface area contributed by atoms with Gasteiger partial charge in [0.25, 0.3) is 0 Å². The van der Waals surface area contributed by atoms with Crippen molar-refractivity contribution in [2.75, 3.05) is 0 Å². The predicted molar refractivity (Wildman–Crippen MR) is 84.1 cm³/mol. The highest BCUT2D eigenvalue weighted by Gasteiger charge is 2.20. The number of aromatic nitrogens is 3. The van der Waals surface area contributed by atoms with Crippen molar-refractivity contribution in [2.45, 2.75) is 32.0 Å². The maximum Gasteiger partial charge on any atom is 0.128 e. The monoisotopic (exact) mass is 280 g/mol. The molecule has 1 fully saturated rings. The topological polar surface area (TPSA) is 34.8 Å². The van der Waals surface area contributed by atoms with Crippen LogP contribution in [0.1, 0.15) is 24.2 Å². The Hall–Kier alpha value is -2.07. The number of fused-ring (bicyclic) bond motifs is 1. The second-order valence-corrected chi connectivity index (χ2v) is 5.90. The summed E-state index contributed by atoms with van der Waals surface area (Å²) >= 11 is 0. The molecular formula is C17H20N4. The van der Waals surface area contributed by atoms with E-state index in [2.05, 4.69) is 49.9 Å². The van der Waals surface area contributed by atoms with Crippen molar-refractivity contribution >= 4 is 10.9 Å². The molecule has 1 aliphatic rings. The van der Waals surface area contributed by atoms with E-state index in [1.165, 1.54) is 29.3 Å². The average Bonchev–Trinajstić information content (AvgIpc) is 3.11. The lowest BCUT2D eigenvalue weighted by molar-refractivity contribution is 0.690. The van der Waals surface area contributed by atoms with E-state index in [1.807, 2.05) is 19.4 Å². The molecule has 0 atom stereocenters. The summed E-state index contributed by atoms with van der Waals surface area (Å²) in [7, 11) is 2.04. The predicted octanol–water partition coefficient (Wildman–Crippen LogP) is 2.68. The quantitative estimate of drug-likeness (QED) is 0.780. The van der Waals surface area contributed by atoms with Gasteiger partial charge < -0.3 is 14.5 Å². The van der Waals surface area contributed by atoms with Crippen molar-refractivity contribution in [3.05, 3.63) is 54.2 Å². The average molecular weight is 280 g/mol. The van der Waals surface area contributed by atoms with Gasteiger partial charge in [0, 0.05) is 49.1 Å². The van der Waals surface area contributed by atoms with E-state index < -0.39 is 0 Å². The number of nitrogens with one attached hydrogen (secondary N) is 1. The van der Waals surface area contributed by atoms with Crippen LogP contribution in [0.25, 0.3) is 10.9 Å². The molecule has 4 heteroatoms. The highest BCUT2D eigenvalue weighted by Crippen LogP contribution is 2.23. The van der Waals surface area contributed by atoms with Crippen LogP contribution in [-0.2, 0) is 20.1 Å². The number of imidazole rings is 1. The Morgan fingerprint density at radius 1 is 1.24 bits per heavy atom. The molecule has 0 bridgehead atoms. The van der Waals surface area contributed by atoms with Gasteiger partial charge in [-0.25, -0.2) is 4.98 Å². The van der Waals surface area contributed by atoms with Crippen LogP contribution in [0.2, 0.25) is 0 Å². The Morgan fingerprint density at radius 2 is 2.14 bits per heavy atom. The zero-order valence-corrected chi connectivity index (χ0v) is 12.3. The third kappa shape index (κ3) is 2.47. The van der Waals surface area contributed by atoms with Crippen molar-refractivity contribution < 1.29 is 0 Å². The van der Waals surface area contributed by atoms with Gasteiger partial charge in [0.1, 0.15) is 5.82 Å². The van der Waals surface area contributed by atoms with E-state index in [9.17, 15) is 0 Å². The van der Waals surface area contributed by atoms with E-state index in [0.29, 0.717) is 0 Å². The number of benzene rings is 1. The van der Waals surface area contributed by atoms with Gasteiger partial charge in [-0.2, -0.15) is 0 Å². The molecule has 0 aliphatic heterocycles. The largest absolute Gasteiger partial charge is 0.340 e. The maximum atomic E-state index is 4.42. The van der Waals surface area contributed by atoms with Crippen LogP contribution in [0.15, 0.2) is 42.9 Å². The molecule has 108 valence electrons. The molecule has 1 saturated carbocycles. The molecule has 2 aromatic heterocycles. The summed E-state index contributed by atoms with van der Waals surface area (Å²) in [6.45, 7) is 1.78. The van der Waals surface area contributed by atoms with E-state index >= 15 is 0 Å². The molecule has 1 N–H and O–H groups in total. The van der Waals surface area contributed by atoms with E-state index in [4.69, 9.17) is 0 Å². The standard InChI is InChI=1S/C17H20N4/c1-20-10-8-18-17(20)12-21-9-7-15-13(3-2-4-16(15)21)11-19-14-5-6-14/h2-4,7-10,14,19H,5-6,11-12H2,1H3. The number of rotatable bonds is 5. The molecule has 4 nitrogen and oxygen atoms in total. The molecule has 1 aromatic carbocycles. The van der Waals surface area contributed by atoms with Gasteiger partial charge in [0.2, 0.25) is 0 Å². The van der Waals surface area contributed by atoms with Gasteiger partial charge in [0.15, 0.2) is 0 Å². The molecule has 0 radical (unpaired) electrons. The van der Waals surface area contributed by atoms with Crippen molar-refractivity contribution in [1.82, 2.24) is 19.4 Å². The maximum absolute atomic E-state index is 4.42. The zero-order chi connectivity index (χ0) is 14.2. The molecule has 4 rings (SSSR count). The summed E-state index contributed by atoms with van der Waals surface area (Å²) in [5.74, 6) is 1.08. The smallest absolute Gasteiger partial charge is 0.128 e. The van der Waals surface area contributed by atoms with Gasteiger partial charge in [-0.1, -0.05) is 12.1 Å². The summed E-state index contributed by atoms with van der Waals surface area (Å²) in [6, 6.07) is 9.54. The molecule has 0 saturated heterocycles. The summed E-state index contributed by atoms with van der Waals surface area (Å²) in [5, 5.41) is 4.95. The first-order valence-corrected chi connectivity index (χ1v) is 7.57. The van der Waals surface area contributed by atoms with Gasteiger partial charge in [-0.05, 0) is 30.5 Å². The van der Waals surface area contributed by atoms with Crippen molar-refractivity contribution in [2.24, 2.45) is 7.05 Å². The van der Waals surface area contributed by atoms with E-state index in [1.54, 1.807) is 0 Å². The lowest BCUT2D eigenvalue weighted by atomic mass is 10.1. The minimum atomic E-state index is 0.745. The Kier molecular flexibility index (Phi) is 3.04. The number of nitrogens with zero attached hydrogens (tertiary/aromatic N) is 3. The third-order valence-electron chi connectivity index (χ3n) is 4.30. The van der Waals surface area contributed by atoms with Crippen molar-refractivity contribution in [3.63, 3.8) is 0 Å². The van der Waals surface area contributed by atoms with Crippen LogP contribution in [0.4, 0.5) is 0 Å². The second kappa shape index (κ2) is 5.04. The van der Waals surface area contributed by atoms with Crippen molar-refractivity contribution in [3.8, 4) is 0 Å². The SMILES string of the molecule is Cn1ccnc1Cn1ccc2c(CNC3CC3)cccc21. The van der Waals surface area contributed by atoms with Gasteiger partial charge in [-0.15, -0.1) is 0 Å². The van der Waals surface area contributed by atoms with Crippen LogP contribution < -0.4 is 5.32 Å². The molecule has 0 spiro atoms. The summed E-state index contributed by atoms with van der Waals surface area (Å²) < 4.78 is 4.35. The molecule has 21 heavy (non-hydrogen) atoms. The lowest BCUT2D eigenvalue weighted by Gasteiger charge is -2.08. The van der Waals surface area contributed by atoms with Crippen LogP contribution in [0, 0.1) is 0 Å². The Bertz CT molecular complexity index is 764. The third-order valence-corrected chi connectivity index (χ3v) is 4.30. The molecule has 3 aromatic rings. The molecular weight excluding hydrogens is 260 g/mol. The highest BCUT2D eigenvalue weighted by atomic mass is 15.1. The summed E-state index contributed by atoms with van der Waals surface area (Å²) in [4.78, 5) is 4.42. The summed E-state index contributed by atoms with van der Waals surface area (Å²) in [5.41, 5.74) is 2.67. The molecule has 0 amide bonds. The number of hydrogen-bond acceptors (Lipinski definition) is 2. The van der Waals surface area contributed by atoms with Crippen LogP contribution >= 0.6 is 0 Å². The minimum absolute atomic E-state index is 0.745. The number of hydrogen-bond donors (Lipinski definition) is 1. The zero-order valence-electron chi connectivity index (χ0n) is 12.3. The van der Waals surface area contributed by atoms with Gasteiger partial charge in [0.05, 0.1) is 6.54 Å². The fourth-order valence-electron chi connectivity index (χ4n) is 2.82. The Morgan fingerprint density at radius 3 is 2.90 bits per heavy atom. The Labute approximate surface area is 124 Å². The first-order valence-electron chi connectivity index (χ1n) is 7.57. The van der Waals surface area contributed by atoms with Crippen molar-refractivity contribution in [1.29, 1.82) is 0 Å². The Balaban J connectivity index is 1.64.